The van der Waals surface area contributed by atoms with E-state index in [1.165, 1.54) is 25.7 Å². The van der Waals surface area contributed by atoms with E-state index in [-0.39, 0.29) is 18.5 Å². The number of benzene rings is 2. The standard InChI is InChI=1S/C32H34N4O3/c1-23-28(35-27-12-6-5-11-26(27)29(23)38-21-24-9-3-2-4-10-24)22-39-31-33-19-25(20-34-31)30(37)36-17-15-32(16-18-36)13-7-8-14-32/h2-6,9-12,19-20H,7-8,13-18,21-22H2,1H3. The van der Waals surface area contributed by atoms with Crippen LogP contribution in [0.1, 0.15) is 65.7 Å². The van der Waals surface area contributed by atoms with E-state index in [0.717, 1.165) is 59.4 Å². The third-order valence-corrected chi connectivity index (χ3v) is 8.39. The first-order valence-electron chi connectivity index (χ1n) is 13.9. The highest BCUT2D eigenvalue weighted by molar-refractivity contribution is 5.93. The van der Waals surface area contributed by atoms with Gasteiger partial charge in [0.15, 0.2) is 0 Å². The van der Waals surface area contributed by atoms with Gasteiger partial charge in [0.1, 0.15) is 19.0 Å². The van der Waals surface area contributed by atoms with Gasteiger partial charge in [-0.05, 0) is 55.7 Å². The zero-order chi connectivity index (χ0) is 26.7. The summed E-state index contributed by atoms with van der Waals surface area (Å²) >= 11 is 0. The van der Waals surface area contributed by atoms with E-state index in [4.69, 9.17) is 14.5 Å². The Hall–Kier alpha value is -4.00. The molecule has 1 aliphatic carbocycles. The summed E-state index contributed by atoms with van der Waals surface area (Å²) in [6.07, 6.45) is 10.6. The van der Waals surface area contributed by atoms with Crippen LogP contribution in [0.25, 0.3) is 10.9 Å². The van der Waals surface area contributed by atoms with Gasteiger partial charge in [-0.15, -0.1) is 0 Å². The summed E-state index contributed by atoms with van der Waals surface area (Å²) in [5.41, 5.74) is 4.60. The van der Waals surface area contributed by atoms with Crippen LogP contribution in [0.4, 0.5) is 0 Å². The lowest BCUT2D eigenvalue weighted by molar-refractivity contribution is 0.0586. The molecule has 0 atom stereocenters. The van der Waals surface area contributed by atoms with Crippen LogP contribution in [0.2, 0.25) is 0 Å². The van der Waals surface area contributed by atoms with E-state index in [2.05, 4.69) is 9.97 Å². The monoisotopic (exact) mass is 522 g/mol. The minimum absolute atomic E-state index is 0.00152. The fourth-order valence-corrected chi connectivity index (χ4v) is 6.01. The maximum absolute atomic E-state index is 13.0. The summed E-state index contributed by atoms with van der Waals surface area (Å²) in [4.78, 5) is 28.5. The Morgan fingerprint density at radius 1 is 0.872 bits per heavy atom. The quantitative estimate of drug-likeness (QED) is 0.284. The fraction of sp³-hybridized carbons (Fsp3) is 0.375. The summed E-state index contributed by atoms with van der Waals surface area (Å²) in [6.45, 7) is 4.29. The van der Waals surface area contributed by atoms with Gasteiger partial charge in [0, 0.05) is 36.4 Å². The Kier molecular flexibility index (Phi) is 7.14. The average molecular weight is 523 g/mol. The first kappa shape index (κ1) is 25.3. The Bertz CT molecular complexity index is 1440. The largest absolute Gasteiger partial charge is 0.488 e. The lowest BCUT2D eigenvalue weighted by atomic mass is 9.77. The van der Waals surface area contributed by atoms with Crippen molar-refractivity contribution in [1.82, 2.24) is 19.9 Å². The SMILES string of the molecule is Cc1c(COc2ncc(C(=O)N3CCC4(CCCC4)CC3)cn2)nc2ccccc2c1OCc1ccccc1. The van der Waals surface area contributed by atoms with Crippen molar-refractivity contribution in [3.8, 4) is 11.8 Å². The second-order valence-corrected chi connectivity index (χ2v) is 10.8. The van der Waals surface area contributed by atoms with Crippen LogP contribution in [0.3, 0.4) is 0 Å². The molecular weight excluding hydrogens is 488 g/mol. The van der Waals surface area contributed by atoms with Gasteiger partial charge in [0.25, 0.3) is 5.91 Å². The Morgan fingerprint density at radius 3 is 2.31 bits per heavy atom. The normalized spacial score (nSPS) is 16.5. The van der Waals surface area contributed by atoms with E-state index in [0.29, 0.717) is 17.6 Å². The number of nitrogens with zero attached hydrogens (tertiary/aromatic N) is 4. The summed E-state index contributed by atoms with van der Waals surface area (Å²) in [6, 6.07) is 18.3. The van der Waals surface area contributed by atoms with Gasteiger partial charge in [-0.1, -0.05) is 55.3 Å². The molecule has 2 aromatic carbocycles. The third kappa shape index (κ3) is 5.44. The molecule has 0 bridgehead atoms. The van der Waals surface area contributed by atoms with Crippen LogP contribution < -0.4 is 9.47 Å². The van der Waals surface area contributed by atoms with Crippen LogP contribution in [0, 0.1) is 12.3 Å². The van der Waals surface area contributed by atoms with Crippen LogP contribution >= 0.6 is 0 Å². The predicted molar refractivity (Wildman–Crippen MR) is 150 cm³/mol. The van der Waals surface area contributed by atoms with Gasteiger partial charge in [0.05, 0.1) is 16.8 Å². The lowest BCUT2D eigenvalue weighted by Crippen LogP contribution is -2.42. The van der Waals surface area contributed by atoms with Gasteiger partial charge in [-0.2, -0.15) is 0 Å². The minimum Gasteiger partial charge on any atom is -0.488 e. The van der Waals surface area contributed by atoms with Crippen LogP contribution in [-0.2, 0) is 13.2 Å². The van der Waals surface area contributed by atoms with Gasteiger partial charge < -0.3 is 14.4 Å². The molecule has 0 unspecified atom stereocenters. The topological polar surface area (TPSA) is 77.4 Å². The Morgan fingerprint density at radius 2 is 1.56 bits per heavy atom. The smallest absolute Gasteiger partial charge is 0.316 e. The molecule has 1 amide bonds. The number of hydrogen-bond donors (Lipinski definition) is 0. The summed E-state index contributed by atoms with van der Waals surface area (Å²) < 4.78 is 12.2. The molecule has 2 fully saturated rings. The van der Waals surface area contributed by atoms with Crippen LogP contribution in [0.5, 0.6) is 11.8 Å². The Labute approximate surface area is 229 Å². The Balaban J connectivity index is 1.12. The third-order valence-electron chi connectivity index (χ3n) is 8.39. The molecular formula is C32H34N4O3. The van der Waals surface area contributed by atoms with Gasteiger partial charge in [-0.3, -0.25) is 4.79 Å². The first-order chi connectivity index (χ1) is 19.1. The second-order valence-electron chi connectivity index (χ2n) is 10.8. The molecule has 1 aliphatic heterocycles. The van der Waals surface area contributed by atoms with Crippen molar-refractivity contribution in [2.75, 3.05) is 13.1 Å². The molecule has 1 saturated carbocycles. The van der Waals surface area contributed by atoms with E-state index in [9.17, 15) is 4.79 Å². The number of piperidine rings is 1. The molecule has 0 N–H and O–H groups in total. The van der Waals surface area contributed by atoms with E-state index < -0.39 is 0 Å². The molecule has 0 radical (unpaired) electrons. The van der Waals surface area contributed by atoms with Gasteiger partial charge >= 0.3 is 6.01 Å². The number of ether oxygens (including phenoxy) is 2. The maximum atomic E-state index is 13.0. The van der Waals surface area contributed by atoms with Crippen molar-refractivity contribution < 1.29 is 14.3 Å². The summed E-state index contributed by atoms with van der Waals surface area (Å²) in [5.74, 6) is 0.799. The number of amides is 1. The molecule has 2 aliphatic rings. The molecule has 1 saturated heterocycles. The average Bonchev–Trinajstić information content (AvgIpc) is 3.44. The van der Waals surface area contributed by atoms with Crippen molar-refractivity contribution in [3.05, 3.63) is 89.4 Å². The van der Waals surface area contributed by atoms with Crippen molar-refractivity contribution in [2.45, 2.75) is 58.7 Å². The molecule has 3 heterocycles. The predicted octanol–water partition coefficient (Wildman–Crippen LogP) is 6.29. The molecule has 39 heavy (non-hydrogen) atoms. The van der Waals surface area contributed by atoms with Crippen molar-refractivity contribution in [2.24, 2.45) is 5.41 Å². The van der Waals surface area contributed by atoms with Crippen LogP contribution in [-0.4, -0.2) is 38.8 Å². The van der Waals surface area contributed by atoms with Crippen molar-refractivity contribution in [3.63, 3.8) is 0 Å². The number of carbonyl (C=O) groups is 1. The number of likely N-dealkylation sites (tertiary alicyclic amines) is 1. The number of aromatic nitrogens is 3. The van der Waals surface area contributed by atoms with E-state index in [1.807, 2.05) is 66.4 Å². The number of fused-ring (bicyclic) bond motifs is 1. The minimum atomic E-state index is 0.00152. The zero-order valence-corrected chi connectivity index (χ0v) is 22.4. The summed E-state index contributed by atoms with van der Waals surface area (Å²) in [5, 5.41) is 0.963. The number of rotatable bonds is 7. The zero-order valence-electron chi connectivity index (χ0n) is 22.4. The molecule has 1 spiro atoms. The highest BCUT2D eigenvalue weighted by Gasteiger charge is 2.38. The van der Waals surface area contributed by atoms with Gasteiger partial charge in [-0.25, -0.2) is 15.0 Å². The number of para-hydroxylation sites is 1. The second kappa shape index (κ2) is 11.0. The number of pyridine rings is 1. The molecule has 2 aromatic heterocycles. The molecule has 7 nitrogen and oxygen atoms in total. The highest BCUT2D eigenvalue weighted by atomic mass is 16.5. The number of hydrogen-bond acceptors (Lipinski definition) is 6. The molecule has 4 aromatic rings. The molecule has 6 rings (SSSR count). The lowest BCUT2D eigenvalue weighted by Gasteiger charge is -2.39. The first-order valence-corrected chi connectivity index (χ1v) is 13.9. The summed E-state index contributed by atoms with van der Waals surface area (Å²) in [7, 11) is 0. The molecule has 200 valence electrons. The fourth-order valence-electron chi connectivity index (χ4n) is 6.01. The van der Waals surface area contributed by atoms with Crippen molar-refractivity contribution >= 4 is 16.8 Å². The van der Waals surface area contributed by atoms with Gasteiger partial charge in [0.2, 0.25) is 0 Å². The molecule has 7 heteroatoms. The van der Waals surface area contributed by atoms with Crippen molar-refractivity contribution in [1.29, 1.82) is 0 Å². The highest BCUT2D eigenvalue weighted by Crippen LogP contribution is 2.46. The maximum Gasteiger partial charge on any atom is 0.316 e. The van der Waals surface area contributed by atoms with E-state index >= 15 is 0 Å². The number of carbonyl (C=O) groups excluding carboxylic acids is 1. The van der Waals surface area contributed by atoms with E-state index in [1.54, 1.807) is 12.4 Å². The van der Waals surface area contributed by atoms with Crippen LogP contribution in [0.15, 0.2) is 67.0 Å².